The summed E-state index contributed by atoms with van der Waals surface area (Å²) in [5.74, 6) is 5.23. The second-order valence-corrected chi connectivity index (χ2v) is 4.95. The third-order valence-electron chi connectivity index (χ3n) is 3.76. The molecule has 4 nitrogen and oxygen atoms in total. The Bertz CT molecular complexity index is 460. The van der Waals surface area contributed by atoms with Crippen LogP contribution in [0.15, 0.2) is 18.2 Å². The molecular formula is C14H20FN3O. The number of nitrogens with one attached hydrogen (secondary N) is 1. The van der Waals surface area contributed by atoms with Gasteiger partial charge in [-0.25, -0.2) is 4.39 Å². The van der Waals surface area contributed by atoms with Crippen molar-refractivity contribution in [3.05, 3.63) is 29.6 Å². The van der Waals surface area contributed by atoms with Gasteiger partial charge in [-0.2, -0.15) is 0 Å². The number of hydrogen-bond donors (Lipinski definition) is 2. The van der Waals surface area contributed by atoms with Crippen LogP contribution >= 0.6 is 0 Å². The summed E-state index contributed by atoms with van der Waals surface area (Å²) in [5, 5.41) is 0. The van der Waals surface area contributed by atoms with Crippen LogP contribution < -0.4 is 11.3 Å². The minimum absolute atomic E-state index is 0.0690. The van der Waals surface area contributed by atoms with E-state index in [2.05, 4.69) is 5.43 Å². The number of nitrogens with two attached hydrogens (primary N) is 1. The molecule has 0 atom stereocenters. The molecule has 1 fully saturated rings. The summed E-state index contributed by atoms with van der Waals surface area (Å²) in [6.45, 7) is 3.30. The molecule has 0 aliphatic heterocycles. The summed E-state index contributed by atoms with van der Waals surface area (Å²) in [6.07, 6.45) is 3.59. The van der Waals surface area contributed by atoms with Gasteiger partial charge in [0.05, 0.1) is 11.3 Å². The number of rotatable bonds is 5. The van der Waals surface area contributed by atoms with Gasteiger partial charge in [-0.3, -0.25) is 10.6 Å². The van der Waals surface area contributed by atoms with E-state index in [1.54, 1.807) is 11.0 Å². The molecule has 0 bridgehead atoms. The molecule has 104 valence electrons. The van der Waals surface area contributed by atoms with E-state index in [9.17, 15) is 9.18 Å². The van der Waals surface area contributed by atoms with Gasteiger partial charge in [-0.05, 0) is 37.8 Å². The summed E-state index contributed by atoms with van der Waals surface area (Å²) in [6, 6.07) is 4.42. The maximum Gasteiger partial charge on any atom is 0.256 e. The minimum Gasteiger partial charge on any atom is -0.339 e. The van der Waals surface area contributed by atoms with E-state index in [-0.39, 0.29) is 11.6 Å². The van der Waals surface area contributed by atoms with Gasteiger partial charge in [0.25, 0.3) is 5.91 Å². The molecule has 19 heavy (non-hydrogen) atoms. The number of anilines is 1. The lowest BCUT2D eigenvalue weighted by Gasteiger charge is -2.32. The van der Waals surface area contributed by atoms with E-state index in [1.807, 2.05) is 6.92 Å². The third-order valence-corrected chi connectivity index (χ3v) is 3.76. The lowest BCUT2D eigenvalue weighted by atomic mass is 9.85. The SMILES string of the molecule is CCN(CC1CCC1)C(=O)c1cccc(F)c1NN. The molecule has 3 N–H and O–H groups in total. The molecule has 5 heteroatoms. The molecule has 0 saturated heterocycles. The van der Waals surface area contributed by atoms with Crippen LogP contribution in [-0.4, -0.2) is 23.9 Å². The van der Waals surface area contributed by atoms with E-state index in [0.717, 1.165) is 6.54 Å². The van der Waals surface area contributed by atoms with Crippen LogP contribution in [0.1, 0.15) is 36.5 Å². The highest BCUT2D eigenvalue weighted by atomic mass is 19.1. The number of hydrogen-bond acceptors (Lipinski definition) is 3. The Morgan fingerprint density at radius 3 is 2.79 bits per heavy atom. The van der Waals surface area contributed by atoms with Crippen molar-refractivity contribution in [3.63, 3.8) is 0 Å². The Hall–Kier alpha value is -1.62. The van der Waals surface area contributed by atoms with Crippen LogP contribution in [0.2, 0.25) is 0 Å². The first-order valence-corrected chi connectivity index (χ1v) is 6.71. The molecule has 0 spiro atoms. The van der Waals surface area contributed by atoms with Gasteiger partial charge in [-0.15, -0.1) is 0 Å². The summed E-state index contributed by atoms with van der Waals surface area (Å²) >= 11 is 0. The number of carbonyl (C=O) groups excluding carboxylic acids is 1. The lowest BCUT2D eigenvalue weighted by Crippen LogP contribution is -2.37. The molecule has 0 heterocycles. The zero-order valence-electron chi connectivity index (χ0n) is 11.2. The lowest BCUT2D eigenvalue weighted by molar-refractivity contribution is 0.0707. The smallest absolute Gasteiger partial charge is 0.256 e. The number of carbonyl (C=O) groups is 1. The van der Waals surface area contributed by atoms with E-state index in [1.165, 1.54) is 31.4 Å². The van der Waals surface area contributed by atoms with Gasteiger partial charge in [-0.1, -0.05) is 12.5 Å². The Labute approximate surface area is 112 Å². The maximum absolute atomic E-state index is 13.6. The first kappa shape index (κ1) is 13.8. The Balaban J connectivity index is 2.18. The van der Waals surface area contributed by atoms with Crippen LogP contribution in [0.3, 0.4) is 0 Å². The summed E-state index contributed by atoms with van der Waals surface area (Å²) in [5.41, 5.74) is 2.65. The minimum atomic E-state index is -0.506. The maximum atomic E-state index is 13.6. The first-order chi connectivity index (χ1) is 9.17. The molecule has 1 aromatic rings. The van der Waals surface area contributed by atoms with Gasteiger partial charge in [0.15, 0.2) is 0 Å². The fourth-order valence-electron chi connectivity index (χ4n) is 2.36. The molecule has 2 rings (SSSR count). The molecule has 0 radical (unpaired) electrons. The zero-order chi connectivity index (χ0) is 13.8. The van der Waals surface area contributed by atoms with E-state index in [4.69, 9.17) is 5.84 Å². The summed E-state index contributed by atoms with van der Waals surface area (Å²) < 4.78 is 13.6. The quantitative estimate of drug-likeness (QED) is 0.635. The number of para-hydroxylation sites is 1. The first-order valence-electron chi connectivity index (χ1n) is 6.71. The normalized spacial score (nSPS) is 14.9. The Kier molecular flexibility index (Phi) is 4.37. The van der Waals surface area contributed by atoms with Crippen LogP contribution in [0.5, 0.6) is 0 Å². The van der Waals surface area contributed by atoms with Gasteiger partial charge in [0.2, 0.25) is 0 Å². The van der Waals surface area contributed by atoms with Crippen LogP contribution in [0.25, 0.3) is 0 Å². The van der Waals surface area contributed by atoms with Crippen molar-refractivity contribution in [2.75, 3.05) is 18.5 Å². The number of halogens is 1. The van der Waals surface area contributed by atoms with Crippen molar-refractivity contribution in [2.45, 2.75) is 26.2 Å². The van der Waals surface area contributed by atoms with Crippen molar-refractivity contribution >= 4 is 11.6 Å². The Morgan fingerprint density at radius 2 is 2.26 bits per heavy atom. The summed E-state index contributed by atoms with van der Waals surface area (Å²) in [4.78, 5) is 14.2. The van der Waals surface area contributed by atoms with Crippen molar-refractivity contribution < 1.29 is 9.18 Å². The Morgan fingerprint density at radius 1 is 1.53 bits per heavy atom. The molecule has 1 aliphatic rings. The molecule has 0 unspecified atom stereocenters. The van der Waals surface area contributed by atoms with Crippen molar-refractivity contribution in [1.29, 1.82) is 0 Å². The van der Waals surface area contributed by atoms with Gasteiger partial charge >= 0.3 is 0 Å². The second-order valence-electron chi connectivity index (χ2n) is 4.95. The number of benzene rings is 1. The molecule has 1 amide bonds. The molecule has 1 aliphatic carbocycles. The van der Waals surface area contributed by atoms with E-state index in [0.29, 0.717) is 18.0 Å². The van der Waals surface area contributed by atoms with Crippen molar-refractivity contribution in [2.24, 2.45) is 11.8 Å². The summed E-state index contributed by atoms with van der Waals surface area (Å²) in [7, 11) is 0. The van der Waals surface area contributed by atoms with E-state index < -0.39 is 5.82 Å². The fourth-order valence-corrected chi connectivity index (χ4v) is 2.36. The topological polar surface area (TPSA) is 58.4 Å². The predicted octanol–water partition coefficient (Wildman–Crippen LogP) is 2.37. The number of hydrazine groups is 1. The predicted molar refractivity (Wildman–Crippen MR) is 73.1 cm³/mol. The van der Waals surface area contributed by atoms with Gasteiger partial charge < -0.3 is 10.3 Å². The standard InChI is InChI=1S/C14H20FN3O/c1-2-18(9-10-5-3-6-10)14(19)11-7-4-8-12(15)13(11)17-16/h4,7-8,10,17H,2-3,5-6,9,16H2,1H3. The number of nitrogens with zero attached hydrogens (tertiary/aromatic N) is 1. The molecule has 1 aromatic carbocycles. The van der Waals surface area contributed by atoms with Crippen molar-refractivity contribution in [1.82, 2.24) is 4.90 Å². The third kappa shape index (κ3) is 2.87. The van der Waals surface area contributed by atoms with Crippen molar-refractivity contribution in [3.8, 4) is 0 Å². The fraction of sp³-hybridized carbons (Fsp3) is 0.500. The number of nitrogen functional groups attached to an aromatic ring is 1. The molecule has 0 aromatic heterocycles. The number of amides is 1. The van der Waals surface area contributed by atoms with Gasteiger partial charge in [0, 0.05) is 13.1 Å². The van der Waals surface area contributed by atoms with E-state index >= 15 is 0 Å². The highest BCUT2D eigenvalue weighted by molar-refractivity contribution is 5.99. The monoisotopic (exact) mass is 265 g/mol. The largest absolute Gasteiger partial charge is 0.339 e. The average molecular weight is 265 g/mol. The highest BCUT2D eigenvalue weighted by Crippen LogP contribution is 2.28. The van der Waals surface area contributed by atoms with Crippen LogP contribution in [0, 0.1) is 11.7 Å². The van der Waals surface area contributed by atoms with Gasteiger partial charge in [0.1, 0.15) is 5.82 Å². The molecular weight excluding hydrogens is 245 g/mol. The highest BCUT2D eigenvalue weighted by Gasteiger charge is 2.25. The second kappa shape index (κ2) is 6.02. The average Bonchev–Trinajstić information content (AvgIpc) is 2.36. The zero-order valence-corrected chi connectivity index (χ0v) is 11.2. The van der Waals surface area contributed by atoms with Crippen LogP contribution in [-0.2, 0) is 0 Å². The van der Waals surface area contributed by atoms with Crippen LogP contribution in [0.4, 0.5) is 10.1 Å². The molecule has 1 saturated carbocycles.